The Kier molecular flexibility index (Phi) is 19.0. The van der Waals surface area contributed by atoms with Crippen molar-refractivity contribution < 1.29 is 32.3 Å². The highest BCUT2D eigenvalue weighted by molar-refractivity contribution is 6.84. The Labute approximate surface area is 276 Å². The summed E-state index contributed by atoms with van der Waals surface area (Å²) >= 11 is 0. The zero-order chi connectivity index (χ0) is 34.9. The molecule has 0 radical (unpaired) electrons. The van der Waals surface area contributed by atoms with Crippen molar-refractivity contribution in [3.63, 3.8) is 0 Å². The Morgan fingerprint density at radius 3 is 1.20 bits per heavy atom. The van der Waals surface area contributed by atoms with E-state index in [-0.39, 0.29) is 23.6 Å². The van der Waals surface area contributed by atoms with Gasteiger partial charge in [-0.05, 0) is 65.0 Å². The van der Waals surface area contributed by atoms with Gasteiger partial charge in [0.05, 0.1) is 41.3 Å². The number of hydrogen-bond acceptors (Lipinski definition) is 5. The van der Waals surface area contributed by atoms with Crippen LogP contribution in [0.15, 0.2) is 24.3 Å². The molecule has 0 saturated heterocycles. The van der Waals surface area contributed by atoms with Crippen LogP contribution < -0.4 is 21.3 Å². The molecule has 0 aromatic carbocycles. The van der Waals surface area contributed by atoms with E-state index in [9.17, 15) is 19.2 Å². The van der Waals surface area contributed by atoms with Gasteiger partial charge < -0.3 is 34.3 Å². The van der Waals surface area contributed by atoms with E-state index < -0.39 is 16.6 Å². The molecule has 13 heteroatoms. The van der Waals surface area contributed by atoms with E-state index in [1.807, 2.05) is 28.2 Å². The van der Waals surface area contributed by atoms with Gasteiger partial charge in [0.2, 0.25) is 11.8 Å². The van der Waals surface area contributed by atoms with E-state index in [0.717, 1.165) is 50.9 Å². The van der Waals surface area contributed by atoms with Crippen molar-refractivity contribution in [3.05, 3.63) is 24.3 Å². The van der Waals surface area contributed by atoms with Crippen LogP contribution in [-0.2, 0) is 23.3 Å². The molecule has 45 heavy (non-hydrogen) atoms. The van der Waals surface area contributed by atoms with Crippen LogP contribution in [0.2, 0.25) is 38.3 Å². The highest BCUT2D eigenvalue weighted by Gasteiger charge is 2.32. The Morgan fingerprint density at radius 2 is 0.889 bits per heavy atom. The second-order valence-corrected chi connectivity index (χ2v) is 23.8. The van der Waals surface area contributed by atoms with Crippen molar-refractivity contribution in [1.82, 2.24) is 21.3 Å². The fraction of sp³-hybridized carbons (Fsp3) is 0.750. The lowest BCUT2D eigenvalue weighted by Crippen LogP contribution is -2.49. The summed E-state index contributed by atoms with van der Waals surface area (Å²) in [5.41, 5.74) is 0.997. The average Bonchev–Trinajstić information content (AvgIpc) is 2.88. The van der Waals surface area contributed by atoms with E-state index in [1.165, 1.54) is 0 Å². The summed E-state index contributed by atoms with van der Waals surface area (Å²) < 4.78 is 7.87. The third-order valence-electron chi connectivity index (χ3n) is 7.48. The van der Waals surface area contributed by atoms with Gasteiger partial charge in [0.15, 0.2) is 29.7 Å². The second kappa shape index (κ2) is 20.0. The van der Waals surface area contributed by atoms with Crippen LogP contribution in [0.5, 0.6) is 0 Å². The van der Waals surface area contributed by atoms with E-state index >= 15 is 0 Å². The summed E-state index contributed by atoms with van der Waals surface area (Å²) in [6, 6.07) is 1.95. The Hall–Kier alpha value is -2.33. The van der Waals surface area contributed by atoms with Crippen molar-refractivity contribution in [2.75, 3.05) is 80.5 Å². The zero-order valence-electron chi connectivity index (χ0n) is 30.2. The van der Waals surface area contributed by atoms with Crippen LogP contribution in [0.25, 0.3) is 0 Å². The molecule has 4 N–H and O–H groups in total. The van der Waals surface area contributed by atoms with Gasteiger partial charge >= 0.3 is 0 Å². The van der Waals surface area contributed by atoms with Gasteiger partial charge in [-0.15, -0.1) is 0 Å². The molecule has 0 aromatic heterocycles. The molecule has 4 amide bonds. The van der Waals surface area contributed by atoms with Crippen LogP contribution in [0.4, 0.5) is 0 Å². The largest absolute Gasteiger partial charge is 0.455 e. The number of hydrogen-bond donors (Lipinski definition) is 4. The van der Waals surface area contributed by atoms with Crippen LogP contribution in [-0.4, -0.2) is 130 Å². The van der Waals surface area contributed by atoms with Gasteiger partial charge in [0, 0.05) is 50.2 Å². The summed E-state index contributed by atoms with van der Waals surface area (Å²) in [7, 11) is 4.32. The van der Waals surface area contributed by atoms with Crippen LogP contribution >= 0.6 is 0 Å². The molecular formula is C32H66N6O5Si2+2. The lowest BCUT2D eigenvalue weighted by Gasteiger charge is -2.34. The van der Waals surface area contributed by atoms with Gasteiger partial charge in [0.25, 0.3) is 11.8 Å². The van der Waals surface area contributed by atoms with Crippen molar-refractivity contribution in [3.8, 4) is 0 Å². The molecule has 0 atom stereocenters. The highest BCUT2D eigenvalue weighted by Crippen LogP contribution is 2.23. The molecular weight excluding hydrogens is 605 g/mol. The Balaban J connectivity index is 4.28. The van der Waals surface area contributed by atoms with Gasteiger partial charge in [0.1, 0.15) is 0 Å². The number of nitrogens with one attached hydrogen (secondary N) is 4. The van der Waals surface area contributed by atoms with Crippen LogP contribution in [0.3, 0.4) is 0 Å². The molecule has 0 bridgehead atoms. The monoisotopic (exact) mass is 670 g/mol. The summed E-state index contributed by atoms with van der Waals surface area (Å²) in [5.74, 6) is -0.181. The fourth-order valence-corrected chi connectivity index (χ4v) is 14.0. The number of quaternary nitrogens is 2. The van der Waals surface area contributed by atoms with E-state index in [4.69, 9.17) is 4.12 Å². The molecule has 260 valence electrons. The van der Waals surface area contributed by atoms with E-state index in [0.29, 0.717) is 59.4 Å². The van der Waals surface area contributed by atoms with Gasteiger partial charge in [-0.2, -0.15) is 0 Å². The highest BCUT2D eigenvalue weighted by atomic mass is 28.4. The average molecular weight is 671 g/mol. The quantitative estimate of drug-likeness (QED) is 0.0544. The molecule has 0 rings (SSSR count). The summed E-state index contributed by atoms with van der Waals surface area (Å²) in [5, 5.41) is 11.8. The number of likely N-dealkylation sites (N-methyl/N-ethyl adjacent to an activating group) is 2. The molecule has 0 aliphatic carbocycles. The molecule has 0 fully saturated rings. The predicted octanol–water partition coefficient (Wildman–Crippen LogP) is 2.74. The third-order valence-corrected chi connectivity index (χ3v) is 15.0. The maximum absolute atomic E-state index is 12.5. The van der Waals surface area contributed by atoms with E-state index in [2.05, 4.69) is 60.6 Å². The Morgan fingerprint density at radius 1 is 0.578 bits per heavy atom. The smallest absolute Gasteiger partial charge is 0.275 e. The minimum Gasteiger partial charge on any atom is -0.455 e. The van der Waals surface area contributed by atoms with Crippen LogP contribution in [0.1, 0.15) is 39.5 Å². The van der Waals surface area contributed by atoms with Crippen molar-refractivity contribution in [2.24, 2.45) is 0 Å². The first-order valence-corrected chi connectivity index (χ1v) is 22.5. The molecule has 0 heterocycles. The summed E-state index contributed by atoms with van der Waals surface area (Å²) in [6.45, 7) is 24.4. The summed E-state index contributed by atoms with van der Waals surface area (Å²) in [4.78, 5) is 48.3. The molecule has 11 nitrogen and oxygen atoms in total. The maximum Gasteiger partial charge on any atom is 0.275 e. The molecule has 0 aliphatic heterocycles. The van der Waals surface area contributed by atoms with Gasteiger partial charge in [-0.25, -0.2) is 0 Å². The first-order valence-electron chi connectivity index (χ1n) is 16.3. The molecule has 0 saturated carbocycles. The standard InChI is InChI=1S/C32H64N6O5Si2/c1-27(2)31(41)35-17-13-21-37(5,6)25-29(39)33-19-15-23-44(9,10)43-45(11,12)24-16-20-34-30(40)26-38(7,8)22-14-18-36-32(42)28(3)4/h1,3,13-26H2,2,4-12H3,(H2-2,33,34,35,36,39,40,41,42)/p+2. The lowest BCUT2D eigenvalue weighted by atomic mass is 10.3. The normalized spacial score (nSPS) is 12.3. The number of nitrogens with zero attached hydrogens (tertiary/aromatic N) is 2. The molecule has 0 aromatic rings. The SMILES string of the molecule is C=C(C)C(=O)NCCC[N+](C)(C)CC(=O)NCCC[Si](C)(C)O[Si](C)(C)CCCNC(=O)C[N+](C)(C)CCCNC(=O)C(=C)C. The zero-order valence-corrected chi connectivity index (χ0v) is 32.2. The maximum atomic E-state index is 12.5. The molecule has 0 spiro atoms. The molecule has 0 aliphatic rings. The summed E-state index contributed by atoms with van der Waals surface area (Å²) in [6.07, 6.45) is 3.36. The number of carbonyl (C=O) groups excluding carboxylic acids is 4. The van der Waals surface area contributed by atoms with Gasteiger partial charge in [-0.1, -0.05) is 13.2 Å². The first kappa shape index (κ1) is 42.7. The van der Waals surface area contributed by atoms with E-state index in [1.54, 1.807) is 13.8 Å². The van der Waals surface area contributed by atoms with Crippen molar-refractivity contribution in [1.29, 1.82) is 0 Å². The topological polar surface area (TPSA) is 126 Å². The predicted molar refractivity (Wildman–Crippen MR) is 189 cm³/mol. The number of amides is 4. The second-order valence-electron chi connectivity index (χ2n) is 14.9. The van der Waals surface area contributed by atoms with Gasteiger partial charge in [-0.3, -0.25) is 19.2 Å². The fourth-order valence-electron chi connectivity index (χ4n) is 5.10. The Bertz CT molecular complexity index is 936. The molecule has 0 unspecified atom stereocenters. The van der Waals surface area contributed by atoms with Crippen molar-refractivity contribution in [2.45, 2.75) is 77.8 Å². The first-order chi connectivity index (χ1) is 20.6. The van der Waals surface area contributed by atoms with Crippen LogP contribution in [0, 0.1) is 0 Å². The lowest BCUT2D eigenvalue weighted by molar-refractivity contribution is -0.882. The number of carbonyl (C=O) groups is 4. The minimum absolute atomic E-state index is 0.0392. The minimum atomic E-state index is -1.90. The number of rotatable bonds is 24. The third kappa shape index (κ3) is 22.8. The van der Waals surface area contributed by atoms with Crippen molar-refractivity contribution >= 4 is 40.3 Å².